The Bertz CT molecular complexity index is 284. The molecule has 72 valence electrons. The first-order valence-corrected chi connectivity index (χ1v) is 4.70. The highest BCUT2D eigenvalue weighted by atomic mass is 32.1. The Morgan fingerprint density at radius 1 is 1.62 bits per heavy atom. The summed E-state index contributed by atoms with van der Waals surface area (Å²) in [4.78, 5) is 4.35. The molecule has 0 saturated carbocycles. The van der Waals surface area contributed by atoms with Crippen LogP contribution in [-0.4, -0.2) is 21.0 Å². The van der Waals surface area contributed by atoms with Crippen LogP contribution < -0.4 is 11.3 Å². The van der Waals surface area contributed by atoms with Gasteiger partial charge in [-0.15, -0.1) is 5.10 Å². The van der Waals surface area contributed by atoms with E-state index in [1.54, 1.807) is 5.38 Å². The zero-order valence-electron chi connectivity index (χ0n) is 7.90. The van der Waals surface area contributed by atoms with Crippen LogP contribution in [0.1, 0.15) is 26.5 Å². The van der Waals surface area contributed by atoms with Gasteiger partial charge in [0.2, 0.25) is 0 Å². The molecule has 0 saturated heterocycles. The van der Waals surface area contributed by atoms with Crippen molar-refractivity contribution in [2.45, 2.75) is 26.3 Å². The summed E-state index contributed by atoms with van der Waals surface area (Å²) >= 11 is 1.27. The Balaban J connectivity index is 2.93. The van der Waals surface area contributed by atoms with Gasteiger partial charge in [0, 0.05) is 5.38 Å². The highest BCUT2D eigenvalue weighted by Gasteiger charge is 2.12. The molecule has 0 amide bonds. The summed E-state index contributed by atoms with van der Waals surface area (Å²) in [5.74, 6) is 5.90. The topological polar surface area (TPSA) is 76.2 Å². The number of aromatic nitrogens is 2. The maximum atomic E-state index is 5.33. The summed E-state index contributed by atoms with van der Waals surface area (Å²) in [6.45, 7) is 5.97. The maximum Gasteiger partial charge on any atom is 0.164 e. The second-order valence-corrected chi connectivity index (χ2v) is 4.18. The summed E-state index contributed by atoms with van der Waals surface area (Å²) in [6, 6.07) is 0. The number of nitrogens with two attached hydrogens (primary N) is 1. The minimum absolute atomic E-state index is 0.175. The summed E-state index contributed by atoms with van der Waals surface area (Å²) in [7, 11) is 0. The number of nitrogens with zero attached hydrogens (tertiary/aromatic N) is 3. The molecular formula is C7H13N5S. The zero-order valence-corrected chi connectivity index (χ0v) is 8.72. The molecular weight excluding hydrogens is 186 g/mol. The van der Waals surface area contributed by atoms with Gasteiger partial charge < -0.3 is 5.43 Å². The van der Waals surface area contributed by atoms with Crippen molar-refractivity contribution in [1.82, 2.24) is 15.0 Å². The fraction of sp³-hybridized carbons (Fsp3) is 0.571. The first-order chi connectivity index (χ1) is 6.03. The van der Waals surface area contributed by atoms with Gasteiger partial charge in [-0.25, -0.2) is 5.84 Å². The molecule has 0 aromatic carbocycles. The van der Waals surface area contributed by atoms with Crippen molar-refractivity contribution < 1.29 is 0 Å². The first kappa shape index (κ1) is 10.1. The van der Waals surface area contributed by atoms with Crippen molar-refractivity contribution in [3.63, 3.8) is 0 Å². The van der Waals surface area contributed by atoms with E-state index in [4.69, 9.17) is 5.84 Å². The van der Waals surface area contributed by atoms with Crippen LogP contribution in [0.25, 0.3) is 0 Å². The zero-order chi connectivity index (χ0) is 9.90. The fourth-order valence-electron chi connectivity index (χ4n) is 0.767. The Morgan fingerprint density at radius 2 is 2.31 bits per heavy atom. The molecule has 0 spiro atoms. The van der Waals surface area contributed by atoms with Crippen molar-refractivity contribution in [2.24, 2.45) is 10.8 Å². The number of hydrogen-bond acceptors (Lipinski definition) is 5. The van der Waals surface area contributed by atoms with Crippen LogP contribution in [-0.2, 0) is 0 Å². The summed E-state index contributed by atoms with van der Waals surface area (Å²) < 4.78 is 3.74. The Hall–Kier alpha value is -1.01. The molecule has 0 unspecified atom stereocenters. The maximum absolute atomic E-state index is 5.33. The Kier molecular flexibility index (Phi) is 2.94. The van der Waals surface area contributed by atoms with E-state index in [0.29, 0.717) is 11.5 Å². The Morgan fingerprint density at radius 3 is 2.69 bits per heavy atom. The minimum atomic E-state index is -0.175. The van der Waals surface area contributed by atoms with E-state index in [2.05, 4.69) is 20.0 Å². The van der Waals surface area contributed by atoms with E-state index in [0.717, 1.165) is 0 Å². The highest BCUT2D eigenvalue weighted by molar-refractivity contribution is 7.03. The molecule has 5 nitrogen and oxygen atoms in total. The quantitative estimate of drug-likeness (QED) is 0.300. The van der Waals surface area contributed by atoms with Gasteiger partial charge in [0.1, 0.15) is 5.69 Å². The number of rotatable bonds is 1. The largest absolute Gasteiger partial charge is 0.307 e. The monoisotopic (exact) mass is 199 g/mol. The first-order valence-electron chi connectivity index (χ1n) is 3.87. The third-order valence-electron chi connectivity index (χ3n) is 1.19. The summed E-state index contributed by atoms with van der Waals surface area (Å²) in [5.41, 5.74) is 3.02. The average Bonchev–Trinajstić information content (AvgIpc) is 2.50. The lowest BCUT2D eigenvalue weighted by molar-refractivity contribution is 0.579. The van der Waals surface area contributed by atoms with E-state index >= 15 is 0 Å². The minimum Gasteiger partial charge on any atom is -0.307 e. The smallest absolute Gasteiger partial charge is 0.164 e. The van der Waals surface area contributed by atoms with Gasteiger partial charge in [0.25, 0.3) is 0 Å². The molecule has 0 aliphatic carbocycles. The van der Waals surface area contributed by atoms with Gasteiger partial charge in [-0.2, -0.15) is 0 Å². The lowest BCUT2D eigenvalue weighted by Gasteiger charge is -2.14. The third-order valence-corrected chi connectivity index (χ3v) is 1.69. The molecule has 3 N–H and O–H groups in total. The van der Waals surface area contributed by atoms with E-state index in [1.807, 2.05) is 20.8 Å². The van der Waals surface area contributed by atoms with Crippen molar-refractivity contribution in [1.29, 1.82) is 0 Å². The molecule has 0 fully saturated rings. The van der Waals surface area contributed by atoms with Gasteiger partial charge in [0.15, 0.2) is 5.84 Å². The highest BCUT2D eigenvalue weighted by Crippen LogP contribution is 2.08. The standard InChI is InChI=1S/C7H13N5S/c1-7(2,3)9-6(10-8)5-4-13-12-11-5/h4H,8H2,1-3H3,(H,9,10). The number of aliphatic imine (C=N–C) groups is 1. The second kappa shape index (κ2) is 3.80. The molecule has 0 radical (unpaired) electrons. The van der Waals surface area contributed by atoms with Crippen LogP contribution in [0.5, 0.6) is 0 Å². The predicted molar refractivity (Wildman–Crippen MR) is 53.5 cm³/mol. The number of hydrogen-bond donors (Lipinski definition) is 2. The van der Waals surface area contributed by atoms with Crippen LogP contribution in [0, 0.1) is 0 Å². The lowest BCUT2D eigenvalue weighted by Crippen LogP contribution is -2.33. The second-order valence-electron chi connectivity index (χ2n) is 3.57. The van der Waals surface area contributed by atoms with Crippen LogP contribution in [0.4, 0.5) is 0 Å². The molecule has 0 aliphatic rings. The van der Waals surface area contributed by atoms with Crippen molar-refractivity contribution in [2.75, 3.05) is 0 Å². The van der Waals surface area contributed by atoms with Crippen LogP contribution in [0.15, 0.2) is 10.4 Å². The SMILES string of the molecule is CC(C)(C)N=C(NN)c1csnn1. The normalized spacial score (nSPS) is 13.1. The number of hydrazine groups is 1. The average molecular weight is 199 g/mol. The Labute approximate surface area is 81.2 Å². The van der Waals surface area contributed by atoms with Crippen molar-refractivity contribution in [3.8, 4) is 0 Å². The van der Waals surface area contributed by atoms with Crippen molar-refractivity contribution >= 4 is 17.4 Å². The number of nitrogens with one attached hydrogen (secondary N) is 1. The lowest BCUT2D eigenvalue weighted by atomic mass is 10.1. The number of amidine groups is 1. The molecule has 0 atom stereocenters. The van der Waals surface area contributed by atoms with Crippen LogP contribution in [0.2, 0.25) is 0 Å². The van der Waals surface area contributed by atoms with Gasteiger partial charge >= 0.3 is 0 Å². The van der Waals surface area contributed by atoms with E-state index in [-0.39, 0.29) is 5.54 Å². The van der Waals surface area contributed by atoms with E-state index < -0.39 is 0 Å². The third kappa shape index (κ3) is 3.08. The van der Waals surface area contributed by atoms with Gasteiger partial charge in [-0.05, 0) is 32.3 Å². The van der Waals surface area contributed by atoms with E-state index in [9.17, 15) is 0 Å². The van der Waals surface area contributed by atoms with Gasteiger partial charge in [-0.3, -0.25) is 4.99 Å². The molecule has 1 rings (SSSR count). The van der Waals surface area contributed by atoms with Gasteiger partial charge in [0.05, 0.1) is 5.54 Å². The summed E-state index contributed by atoms with van der Waals surface area (Å²) in [6.07, 6.45) is 0. The van der Waals surface area contributed by atoms with Crippen LogP contribution in [0.3, 0.4) is 0 Å². The van der Waals surface area contributed by atoms with E-state index in [1.165, 1.54) is 11.5 Å². The fourth-order valence-corrected chi connectivity index (χ4v) is 1.21. The van der Waals surface area contributed by atoms with Crippen LogP contribution >= 0.6 is 11.5 Å². The molecule has 6 heteroatoms. The predicted octanol–water partition coefficient (Wildman–Crippen LogP) is 0.547. The van der Waals surface area contributed by atoms with Crippen molar-refractivity contribution in [3.05, 3.63) is 11.1 Å². The summed E-state index contributed by atoms with van der Waals surface area (Å²) in [5, 5.41) is 5.66. The van der Waals surface area contributed by atoms with Gasteiger partial charge in [-0.1, -0.05) is 4.49 Å². The molecule has 0 bridgehead atoms. The molecule has 1 aromatic heterocycles. The molecule has 0 aliphatic heterocycles. The molecule has 1 aromatic rings. The molecule has 1 heterocycles. The molecule has 13 heavy (non-hydrogen) atoms.